The second-order valence-electron chi connectivity index (χ2n) is 3.65. The molecule has 0 aliphatic carbocycles. The zero-order valence-corrected chi connectivity index (χ0v) is 10.2. The van der Waals surface area contributed by atoms with E-state index in [9.17, 15) is 0 Å². The monoisotopic (exact) mass is 202 g/mol. The standard InChI is InChI=1S/C10H22N2S/c1-6-9(5)12(7-2)10(13)11-8(3)4/h8-9H,6-7H2,1-5H3,(H,11,13). The summed E-state index contributed by atoms with van der Waals surface area (Å²) in [6.07, 6.45) is 1.13. The molecule has 0 fully saturated rings. The lowest BCUT2D eigenvalue weighted by Crippen LogP contribution is -2.46. The minimum atomic E-state index is 0.422. The third-order valence-corrected chi connectivity index (χ3v) is 2.49. The Bertz CT molecular complexity index is 157. The molecule has 2 nitrogen and oxygen atoms in total. The summed E-state index contributed by atoms with van der Waals surface area (Å²) in [6, 6.07) is 0.953. The van der Waals surface area contributed by atoms with Crippen LogP contribution in [-0.2, 0) is 0 Å². The molecule has 0 heterocycles. The fourth-order valence-corrected chi connectivity index (χ4v) is 1.75. The first-order chi connectivity index (χ1) is 6.02. The Kier molecular flexibility index (Phi) is 6.04. The normalized spacial score (nSPS) is 12.8. The van der Waals surface area contributed by atoms with Crippen molar-refractivity contribution in [3.63, 3.8) is 0 Å². The first kappa shape index (κ1) is 12.7. The lowest BCUT2D eigenvalue weighted by atomic mass is 10.2. The van der Waals surface area contributed by atoms with E-state index in [-0.39, 0.29) is 0 Å². The predicted octanol–water partition coefficient (Wildman–Crippen LogP) is 2.39. The molecule has 1 atom stereocenters. The molecule has 0 radical (unpaired) electrons. The van der Waals surface area contributed by atoms with Gasteiger partial charge in [0, 0.05) is 18.6 Å². The molecule has 0 spiro atoms. The Morgan fingerprint density at radius 1 is 1.31 bits per heavy atom. The van der Waals surface area contributed by atoms with Gasteiger partial charge >= 0.3 is 0 Å². The fourth-order valence-electron chi connectivity index (χ4n) is 1.21. The Hall–Kier alpha value is -0.310. The molecule has 1 unspecified atom stereocenters. The largest absolute Gasteiger partial charge is 0.360 e. The molecule has 0 aliphatic rings. The van der Waals surface area contributed by atoms with Gasteiger partial charge in [-0.25, -0.2) is 0 Å². The average Bonchev–Trinajstić information content (AvgIpc) is 2.03. The van der Waals surface area contributed by atoms with Crippen LogP contribution in [-0.4, -0.2) is 28.6 Å². The van der Waals surface area contributed by atoms with E-state index in [1.54, 1.807) is 0 Å². The molecule has 3 heteroatoms. The summed E-state index contributed by atoms with van der Waals surface area (Å²) in [7, 11) is 0. The number of rotatable bonds is 4. The summed E-state index contributed by atoms with van der Waals surface area (Å²) in [5.41, 5.74) is 0. The van der Waals surface area contributed by atoms with Crippen LogP contribution in [0.15, 0.2) is 0 Å². The van der Waals surface area contributed by atoms with Crippen LogP contribution < -0.4 is 5.32 Å². The van der Waals surface area contributed by atoms with Gasteiger partial charge in [0.25, 0.3) is 0 Å². The molecule has 1 N–H and O–H groups in total. The van der Waals surface area contributed by atoms with E-state index in [0.29, 0.717) is 12.1 Å². The number of thiocarbonyl (C=S) groups is 1. The quantitative estimate of drug-likeness (QED) is 0.705. The van der Waals surface area contributed by atoms with Crippen LogP contribution in [0.1, 0.15) is 41.0 Å². The molecule has 78 valence electrons. The van der Waals surface area contributed by atoms with Crippen LogP contribution >= 0.6 is 12.2 Å². The van der Waals surface area contributed by atoms with E-state index in [2.05, 4.69) is 44.8 Å². The maximum Gasteiger partial charge on any atom is 0.169 e. The van der Waals surface area contributed by atoms with E-state index in [1.807, 2.05) is 0 Å². The summed E-state index contributed by atoms with van der Waals surface area (Å²) < 4.78 is 0. The molecular weight excluding hydrogens is 180 g/mol. The second-order valence-corrected chi connectivity index (χ2v) is 4.03. The van der Waals surface area contributed by atoms with E-state index in [4.69, 9.17) is 12.2 Å². The summed E-state index contributed by atoms with van der Waals surface area (Å²) in [5.74, 6) is 0. The van der Waals surface area contributed by atoms with Gasteiger partial charge in [-0.1, -0.05) is 6.92 Å². The van der Waals surface area contributed by atoms with Crippen molar-refractivity contribution in [3.05, 3.63) is 0 Å². The van der Waals surface area contributed by atoms with Gasteiger partial charge in [-0.2, -0.15) is 0 Å². The van der Waals surface area contributed by atoms with Crippen LogP contribution in [0.4, 0.5) is 0 Å². The van der Waals surface area contributed by atoms with E-state index in [1.165, 1.54) is 0 Å². The maximum absolute atomic E-state index is 5.31. The number of nitrogens with zero attached hydrogens (tertiary/aromatic N) is 1. The van der Waals surface area contributed by atoms with Crippen LogP contribution in [0.2, 0.25) is 0 Å². The highest BCUT2D eigenvalue weighted by Gasteiger charge is 2.13. The van der Waals surface area contributed by atoms with Crippen molar-refractivity contribution < 1.29 is 0 Å². The molecule has 0 aromatic rings. The molecule has 0 aliphatic heterocycles. The minimum absolute atomic E-state index is 0.422. The van der Waals surface area contributed by atoms with Crippen LogP contribution in [0.25, 0.3) is 0 Å². The molecule has 0 amide bonds. The Labute approximate surface area is 87.7 Å². The molecule has 0 saturated heterocycles. The molecule has 0 saturated carbocycles. The van der Waals surface area contributed by atoms with Gasteiger partial charge in [-0.05, 0) is 46.3 Å². The first-order valence-corrected chi connectivity index (χ1v) is 5.50. The predicted molar refractivity (Wildman–Crippen MR) is 63.0 cm³/mol. The summed E-state index contributed by atoms with van der Waals surface area (Å²) in [5, 5.41) is 4.15. The highest BCUT2D eigenvalue weighted by atomic mass is 32.1. The highest BCUT2D eigenvalue weighted by Crippen LogP contribution is 2.03. The van der Waals surface area contributed by atoms with Crippen molar-refractivity contribution in [2.45, 2.75) is 53.1 Å². The third kappa shape index (κ3) is 4.46. The first-order valence-electron chi connectivity index (χ1n) is 5.10. The topological polar surface area (TPSA) is 15.3 Å². The van der Waals surface area contributed by atoms with Gasteiger partial charge in [0.15, 0.2) is 5.11 Å². The van der Waals surface area contributed by atoms with E-state index >= 15 is 0 Å². The van der Waals surface area contributed by atoms with Crippen molar-refractivity contribution in [1.29, 1.82) is 0 Å². The lowest BCUT2D eigenvalue weighted by Gasteiger charge is -2.31. The van der Waals surface area contributed by atoms with Gasteiger partial charge in [-0.15, -0.1) is 0 Å². The molecular formula is C10H22N2S. The van der Waals surface area contributed by atoms with Crippen LogP contribution in [0, 0.1) is 0 Å². The summed E-state index contributed by atoms with van der Waals surface area (Å²) in [4.78, 5) is 2.23. The molecule has 13 heavy (non-hydrogen) atoms. The summed E-state index contributed by atoms with van der Waals surface area (Å²) in [6.45, 7) is 11.7. The van der Waals surface area contributed by atoms with Gasteiger partial charge in [0.1, 0.15) is 0 Å². The maximum atomic E-state index is 5.31. The Balaban J connectivity index is 4.15. The van der Waals surface area contributed by atoms with Crippen LogP contribution in [0.3, 0.4) is 0 Å². The zero-order valence-electron chi connectivity index (χ0n) is 9.42. The van der Waals surface area contributed by atoms with E-state index < -0.39 is 0 Å². The van der Waals surface area contributed by atoms with E-state index in [0.717, 1.165) is 18.1 Å². The molecule has 0 bridgehead atoms. The van der Waals surface area contributed by atoms with Gasteiger partial charge in [0.2, 0.25) is 0 Å². The smallest absolute Gasteiger partial charge is 0.169 e. The minimum Gasteiger partial charge on any atom is -0.360 e. The molecule has 0 rings (SSSR count). The fraction of sp³-hybridized carbons (Fsp3) is 0.900. The van der Waals surface area contributed by atoms with Crippen molar-refractivity contribution in [2.24, 2.45) is 0 Å². The number of hydrogen-bond donors (Lipinski definition) is 1. The van der Waals surface area contributed by atoms with Crippen molar-refractivity contribution in [2.75, 3.05) is 6.54 Å². The van der Waals surface area contributed by atoms with Crippen molar-refractivity contribution in [1.82, 2.24) is 10.2 Å². The lowest BCUT2D eigenvalue weighted by molar-refractivity contribution is 0.329. The second kappa shape index (κ2) is 6.19. The molecule has 0 aromatic heterocycles. The number of nitrogens with one attached hydrogen (secondary N) is 1. The average molecular weight is 202 g/mol. The SMILES string of the molecule is CCC(C)N(CC)C(=S)NC(C)C. The van der Waals surface area contributed by atoms with Crippen molar-refractivity contribution in [3.8, 4) is 0 Å². The third-order valence-electron chi connectivity index (χ3n) is 2.14. The Morgan fingerprint density at radius 3 is 2.15 bits per heavy atom. The zero-order chi connectivity index (χ0) is 10.4. The van der Waals surface area contributed by atoms with Crippen molar-refractivity contribution >= 4 is 17.3 Å². The summed E-state index contributed by atoms with van der Waals surface area (Å²) >= 11 is 5.31. The van der Waals surface area contributed by atoms with Crippen LogP contribution in [0.5, 0.6) is 0 Å². The number of hydrogen-bond acceptors (Lipinski definition) is 1. The van der Waals surface area contributed by atoms with Gasteiger partial charge in [0.05, 0.1) is 0 Å². The van der Waals surface area contributed by atoms with Gasteiger partial charge in [-0.3, -0.25) is 0 Å². The molecule has 0 aromatic carbocycles. The van der Waals surface area contributed by atoms with Gasteiger partial charge < -0.3 is 10.2 Å². The highest BCUT2D eigenvalue weighted by molar-refractivity contribution is 7.80. The Morgan fingerprint density at radius 2 is 1.85 bits per heavy atom.